The Morgan fingerprint density at radius 2 is 0.562 bits per heavy atom. The van der Waals surface area contributed by atoms with Crippen LogP contribution >= 0.6 is 0 Å². The number of rotatable bonds is 80. The van der Waals surface area contributed by atoms with E-state index in [-0.39, 0.29) is 35.7 Å². The van der Waals surface area contributed by atoms with Crippen molar-refractivity contribution in [1.29, 1.82) is 0 Å². The van der Waals surface area contributed by atoms with E-state index in [1.54, 1.807) is 0 Å². The minimum Gasteiger partial charge on any atom is -0.370 e. The number of amides is 5. The van der Waals surface area contributed by atoms with Gasteiger partial charge in [-0.3, -0.25) is 33.8 Å². The van der Waals surface area contributed by atoms with Crippen molar-refractivity contribution in [2.45, 2.75) is 406 Å². The molecule has 0 aliphatic heterocycles. The average molecular weight is 1360 g/mol. The maximum atomic E-state index is 13.6. The van der Waals surface area contributed by atoms with Gasteiger partial charge in [0.2, 0.25) is 29.5 Å². The SMILES string of the molecule is CCCCCCCCCCCCNC(=O)CCNC(CN(CCNCCN(CCC(=O)NCCCCCCCCCCCC)C(CCCCCCCCC)CCCCC(N)=O)CCC(=O)NCCCCCCCCCCCC)NCCC(=O)NCCCCCCCCCCCC. The molecule has 0 rings (SSSR count). The highest BCUT2D eigenvalue weighted by atomic mass is 16.2. The van der Waals surface area contributed by atoms with Crippen molar-refractivity contribution in [3.05, 3.63) is 0 Å². The van der Waals surface area contributed by atoms with E-state index in [4.69, 9.17) is 5.73 Å². The Balaban J connectivity index is 6.21. The summed E-state index contributed by atoms with van der Waals surface area (Å²) in [7, 11) is 0. The van der Waals surface area contributed by atoms with Crippen molar-refractivity contribution >= 4 is 29.5 Å². The zero-order chi connectivity index (χ0) is 69.9. The third-order valence-corrected chi connectivity index (χ3v) is 19.7. The van der Waals surface area contributed by atoms with Gasteiger partial charge in [-0.1, -0.05) is 317 Å². The van der Waals surface area contributed by atoms with E-state index in [9.17, 15) is 24.0 Å². The number of hydrogen-bond acceptors (Lipinski definition) is 10. The summed E-state index contributed by atoms with van der Waals surface area (Å²) in [6.45, 7) is 20.0. The Bertz CT molecular complexity index is 1630. The van der Waals surface area contributed by atoms with Gasteiger partial charge in [-0.2, -0.15) is 0 Å². The maximum Gasteiger partial charge on any atom is 0.221 e. The molecule has 0 saturated heterocycles. The number of unbranched alkanes of at least 4 members (excludes halogenated alkanes) is 43. The highest BCUT2D eigenvalue weighted by molar-refractivity contribution is 5.77. The topological polar surface area (TPSA) is 202 Å². The fraction of sp³-hybridized carbons (Fsp3) is 0.938. The van der Waals surface area contributed by atoms with Crippen molar-refractivity contribution in [2.75, 3.05) is 85.1 Å². The number of carbonyl (C=O) groups is 5. The number of nitrogens with one attached hydrogen (secondary N) is 7. The molecule has 0 aromatic carbocycles. The lowest BCUT2D eigenvalue weighted by molar-refractivity contribution is -0.122. The monoisotopic (exact) mass is 1360 g/mol. The predicted octanol–water partition coefficient (Wildman–Crippen LogP) is 17.9. The number of nitrogens with zero attached hydrogens (tertiary/aromatic N) is 2. The molecule has 0 radical (unpaired) electrons. The Hall–Kier alpha value is -2.85. The summed E-state index contributed by atoms with van der Waals surface area (Å²) in [5, 5.41) is 24.0. The molecule has 1 unspecified atom stereocenters. The molecular weight excluding hydrogens is 1190 g/mol. The van der Waals surface area contributed by atoms with E-state index in [0.717, 1.165) is 103 Å². The van der Waals surface area contributed by atoms with Gasteiger partial charge in [0.05, 0.1) is 6.17 Å². The third kappa shape index (κ3) is 69.6. The predicted molar refractivity (Wildman–Crippen MR) is 413 cm³/mol. The summed E-state index contributed by atoms with van der Waals surface area (Å²) in [6.07, 6.45) is 64.8. The minimum atomic E-state index is -0.245. The van der Waals surface area contributed by atoms with Crippen LogP contribution in [0.5, 0.6) is 0 Å². The van der Waals surface area contributed by atoms with Crippen LogP contribution in [0.15, 0.2) is 0 Å². The molecule has 0 heterocycles. The van der Waals surface area contributed by atoms with Crippen molar-refractivity contribution < 1.29 is 24.0 Å². The minimum absolute atomic E-state index is 0.0537. The van der Waals surface area contributed by atoms with Gasteiger partial charge in [-0.15, -0.1) is 0 Å². The number of hydrogen-bond donors (Lipinski definition) is 8. The summed E-state index contributed by atoms with van der Waals surface area (Å²) < 4.78 is 0. The second-order valence-electron chi connectivity index (χ2n) is 29.0. The van der Waals surface area contributed by atoms with Gasteiger partial charge in [0.1, 0.15) is 0 Å². The number of primary amides is 1. The lowest BCUT2D eigenvalue weighted by atomic mass is 9.98. The van der Waals surface area contributed by atoms with Crippen molar-refractivity contribution in [3.8, 4) is 0 Å². The smallest absolute Gasteiger partial charge is 0.221 e. The maximum absolute atomic E-state index is 13.6. The molecule has 15 nitrogen and oxygen atoms in total. The Morgan fingerprint density at radius 3 is 0.896 bits per heavy atom. The van der Waals surface area contributed by atoms with Crippen LogP contribution in [0.2, 0.25) is 0 Å². The van der Waals surface area contributed by atoms with E-state index in [2.05, 4.69) is 81.6 Å². The van der Waals surface area contributed by atoms with Crippen molar-refractivity contribution in [1.82, 2.24) is 47.0 Å². The van der Waals surface area contributed by atoms with Crippen LogP contribution in [0.4, 0.5) is 0 Å². The first-order valence-corrected chi connectivity index (χ1v) is 42.1. The largest absolute Gasteiger partial charge is 0.370 e. The fourth-order valence-corrected chi connectivity index (χ4v) is 13.3. The molecular formula is C81H164N10O5. The molecule has 0 aromatic rings. The highest BCUT2D eigenvalue weighted by Gasteiger charge is 2.21. The highest BCUT2D eigenvalue weighted by Crippen LogP contribution is 2.20. The zero-order valence-corrected chi connectivity index (χ0v) is 64.5. The van der Waals surface area contributed by atoms with Crippen LogP contribution < -0.4 is 43.0 Å². The molecule has 0 aliphatic rings. The molecule has 9 N–H and O–H groups in total. The molecule has 1 atom stereocenters. The summed E-state index contributed by atoms with van der Waals surface area (Å²) >= 11 is 0. The molecule has 96 heavy (non-hydrogen) atoms. The van der Waals surface area contributed by atoms with Crippen LogP contribution in [-0.2, 0) is 24.0 Å². The molecule has 0 aliphatic carbocycles. The van der Waals surface area contributed by atoms with Gasteiger partial charge >= 0.3 is 0 Å². The number of carbonyl (C=O) groups excluding carboxylic acids is 5. The van der Waals surface area contributed by atoms with Gasteiger partial charge in [0, 0.05) is 123 Å². The van der Waals surface area contributed by atoms with Crippen molar-refractivity contribution in [3.63, 3.8) is 0 Å². The van der Waals surface area contributed by atoms with Gasteiger partial charge in [0.25, 0.3) is 0 Å². The lowest BCUT2D eigenvalue weighted by Gasteiger charge is -2.32. The van der Waals surface area contributed by atoms with Crippen LogP contribution in [0.3, 0.4) is 0 Å². The summed E-state index contributed by atoms with van der Waals surface area (Å²) in [6, 6.07) is 0.307. The van der Waals surface area contributed by atoms with Gasteiger partial charge in [-0.05, 0) is 44.9 Å². The molecule has 15 heteroatoms. The van der Waals surface area contributed by atoms with E-state index in [0.29, 0.717) is 104 Å². The quantitative estimate of drug-likeness (QED) is 0.0214. The average Bonchev–Trinajstić information content (AvgIpc) is 3.70. The Morgan fingerprint density at radius 1 is 0.281 bits per heavy atom. The van der Waals surface area contributed by atoms with Gasteiger partial charge < -0.3 is 43.0 Å². The fourth-order valence-electron chi connectivity index (χ4n) is 13.3. The second-order valence-corrected chi connectivity index (χ2v) is 29.0. The van der Waals surface area contributed by atoms with Gasteiger partial charge in [-0.25, -0.2) is 0 Å². The van der Waals surface area contributed by atoms with Crippen molar-refractivity contribution in [2.24, 2.45) is 5.73 Å². The first-order valence-electron chi connectivity index (χ1n) is 42.1. The number of nitrogens with two attached hydrogens (primary N) is 1. The van der Waals surface area contributed by atoms with Gasteiger partial charge in [0.15, 0.2) is 0 Å². The molecule has 0 fully saturated rings. The lowest BCUT2D eigenvalue weighted by Crippen LogP contribution is -2.53. The first-order chi connectivity index (χ1) is 47.1. The van der Waals surface area contributed by atoms with E-state index < -0.39 is 0 Å². The zero-order valence-electron chi connectivity index (χ0n) is 64.5. The normalized spacial score (nSPS) is 12.0. The molecule has 568 valence electrons. The Kier molecular flexibility index (Phi) is 74.1. The standard InChI is InChI=1S/C81H164N10O5/c1-6-11-16-21-26-30-34-39-44-51-62-86-78(93)58-66-84-77(85-67-59-79(94)87-63-52-45-40-35-31-27-22-17-12-7-2)74-90(70-60-80(95)88-64-53-46-41-36-32-28-23-18-13-8-3)72-68-83-69-73-91(71-61-81(96)89-65-54-47-42-37-33-29-24-19-14-9-4)75(56-49-50-57-76(82)92)55-48-43-38-25-20-15-10-5/h75,77,83-85H,6-74H2,1-5H3,(H2,82,92)(H,86,93)(H,87,94)(H,88,95)(H,89,96). The van der Waals surface area contributed by atoms with E-state index in [1.165, 1.54) is 244 Å². The molecule has 0 spiro atoms. The van der Waals surface area contributed by atoms with Crippen LogP contribution in [-0.4, -0.2) is 137 Å². The summed E-state index contributed by atoms with van der Waals surface area (Å²) in [5.41, 5.74) is 5.62. The van der Waals surface area contributed by atoms with Crippen LogP contribution in [0, 0.1) is 0 Å². The third-order valence-electron chi connectivity index (χ3n) is 19.7. The van der Waals surface area contributed by atoms with E-state index in [1.807, 2.05) is 0 Å². The summed E-state index contributed by atoms with van der Waals surface area (Å²) in [4.78, 5) is 70.2. The summed E-state index contributed by atoms with van der Waals surface area (Å²) in [5.74, 6) is 0.0641. The molecule has 0 saturated carbocycles. The first kappa shape index (κ1) is 93.2. The molecule has 0 bridgehead atoms. The molecule has 0 aromatic heterocycles. The second kappa shape index (κ2) is 76.3. The van der Waals surface area contributed by atoms with Crippen LogP contribution in [0.1, 0.15) is 394 Å². The van der Waals surface area contributed by atoms with Crippen LogP contribution in [0.25, 0.3) is 0 Å². The van der Waals surface area contributed by atoms with E-state index >= 15 is 0 Å². The molecule has 5 amide bonds. The Labute approximate surface area is 594 Å².